The number of ether oxygens (including phenoxy) is 1. The summed E-state index contributed by atoms with van der Waals surface area (Å²) in [5, 5.41) is 0.902. The number of halogens is 1. The minimum atomic E-state index is -3.97. The molecule has 3 aromatic rings. The number of sulfonamides is 1. The van der Waals surface area contributed by atoms with E-state index in [1.165, 1.54) is 18.2 Å². The second kappa shape index (κ2) is 10.1. The lowest BCUT2D eigenvalue weighted by atomic mass is 9.90. The summed E-state index contributed by atoms with van der Waals surface area (Å²) in [7, 11) is -3.97. The lowest BCUT2D eigenvalue weighted by Gasteiger charge is -2.23. The highest BCUT2D eigenvalue weighted by Crippen LogP contribution is 2.34. The first-order valence-corrected chi connectivity index (χ1v) is 13.6. The molecule has 4 rings (SSSR count). The summed E-state index contributed by atoms with van der Waals surface area (Å²) >= 11 is 6.46. The molecule has 35 heavy (non-hydrogen) atoms. The molecule has 0 spiro atoms. The van der Waals surface area contributed by atoms with Crippen LogP contribution in [-0.2, 0) is 27.7 Å². The van der Waals surface area contributed by atoms with Gasteiger partial charge in [0.05, 0.1) is 9.92 Å². The van der Waals surface area contributed by atoms with Crippen molar-refractivity contribution in [3.8, 4) is 5.75 Å². The highest BCUT2D eigenvalue weighted by atomic mass is 35.5. The monoisotopic (exact) mass is 517 g/mol. The fourth-order valence-electron chi connectivity index (χ4n) is 4.28. The van der Waals surface area contributed by atoms with E-state index in [0.717, 1.165) is 35.8 Å². The van der Waals surface area contributed by atoms with Gasteiger partial charge in [0.15, 0.2) is 5.75 Å². The largest absolute Gasteiger partial charge is 0.424 e. The van der Waals surface area contributed by atoms with E-state index in [0.29, 0.717) is 18.4 Å². The Morgan fingerprint density at radius 2 is 1.80 bits per heavy atom. The average Bonchev–Trinajstić information content (AvgIpc) is 2.83. The van der Waals surface area contributed by atoms with Gasteiger partial charge in [-0.1, -0.05) is 49.6 Å². The molecule has 0 aliphatic heterocycles. The van der Waals surface area contributed by atoms with Crippen LogP contribution >= 0.6 is 11.6 Å². The van der Waals surface area contributed by atoms with Crippen LogP contribution in [0.15, 0.2) is 50.5 Å². The van der Waals surface area contributed by atoms with Crippen LogP contribution in [0.1, 0.15) is 49.8 Å². The second-order valence-electron chi connectivity index (χ2n) is 9.05. The maximum atomic E-state index is 13.2. The van der Waals surface area contributed by atoms with Crippen molar-refractivity contribution < 1.29 is 22.4 Å². The Bertz CT molecular complexity index is 1430. The summed E-state index contributed by atoms with van der Waals surface area (Å²) in [5.41, 5.74) is 2.40. The van der Waals surface area contributed by atoms with Crippen molar-refractivity contribution in [3.05, 3.63) is 68.5 Å². The van der Waals surface area contributed by atoms with Gasteiger partial charge in [-0.3, -0.25) is 0 Å². The molecular weight excluding hydrogens is 490 g/mol. The summed E-state index contributed by atoms with van der Waals surface area (Å²) in [5.74, 6) is -1.14. The number of carbonyl (C=O) groups excluding carboxylic acids is 1. The molecule has 1 aliphatic carbocycles. The van der Waals surface area contributed by atoms with E-state index in [1.807, 2.05) is 13.8 Å². The molecule has 2 atom stereocenters. The lowest BCUT2D eigenvalue weighted by molar-refractivity contribution is -0.137. The molecule has 7 nitrogen and oxygen atoms in total. The quantitative estimate of drug-likeness (QED) is 0.271. The fraction of sp³-hybridized carbons (Fsp3) is 0.385. The van der Waals surface area contributed by atoms with Crippen LogP contribution in [0.5, 0.6) is 5.75 Å². The minimum Gasteiger partial charge on any atom is -0.424 e. The topological polar surface area (TPSA) is 103 Å². The van der Waals surface area contributed by atoms with E-state index in [-0.39, 0.29) is 27.2 Å². The first-order valence-electron chi connectivity index (χ1n) is 11.7. The first-order chi connectivity index (χ1) is 16.6. The van der Waals surface area contributed by atoms with Gasteiger partial charge in [0.2, 0.25) is 10.0 Å². The molecule has 1 N–H and O–H groups in total. The van der Waals surface area contributed by atoms with Crippen LogP contribution in [0.25, 0.3) is 11.0 Å². The normalized spacial score (nSPS) is 15.4. The number of nitrogens with one attached hydrogen (secondary N) is 1. The third-order valence-electron chi connectivity index (χ3n) is 6.57. The average molecular weight is 518 g/mol. The van der Waals surface area contributed by atoms with Gasteiger partial charge < -0.3 is 9.15 Å². The van der Waals surface area contributed by atoms with Crippen LogP contribution in [0, 0.1) is 12.8 Å². The van der Waals surface area contributed by atoms with Crippen molar-refractivity contribution >= 4 is 38.6 Å². The molecule has 1 aliphatic rings. The lowest BCUT2D eigenvalue weighted by Crippen LogP contribution is -2.46. The first kappa shape index (κ1) is 25.4. The van der Waals surface area contributed by atoms with Crippen LogP contribution in [-0.4, -0.2) is 20.4 Å². The number of hydrogen-bond donors (Lipinski definition) is 1. The maximum absolute atomic E-state index is 13.2. The molecule has 1 aromatic heterocycles. The number of aryl methyl sites for hydroxylation is 2. The maximum Gasteiger partial charge on any atom is 0.339 e. The summed E-state index contributed by atoms with van der Waals surface area (Å²) in [6.45, 7) is 5.47. The Balaban J connectivity index is 1.65. The third-order valence-corrected chi connectivity index (χ3v) is 8.32. The summed E-state index contributed by atoms with van der Waals surface area (Å²) in [6, 6.07) is 8.27. The number of esters is 1. The Morgan fingerprint density at radius 3 is 2.46 bits per heavy atom. The zero-order valence-corrected chi connectivity index (χ0v) is 21.5. The summed E-state index contributed by atoms with van der Waals surface area (Å²) in [6.07, 6.45) is 3.85. The van der Waals surface area contributed by atoms with Crippen molar-refractivity contribution in [2.45, 2.75) is 63.8 Å². The Hall–Kier alpha value is -2.68. The predicted molar refractivity (Wildman–Crippen MR) is 135 cm³/mol. The van der Waals surface area contributed by atoms with Gasteiger partial charge in [0.25, 0.3) is 0 Å². The third kappa shape index (κ3) is 5.29. The summed E-state index contributed by atoms with van der Waals surface area (Å²) in [4.78, 5) is 25.7. The van der Waals surface area contributed by atoms with E-state index in [2.05, 4.69) is 4.72 Å². The van der Waals surface area contributed by atoms with E-state index >= 15 is 0 Å². The van der Waals surface area contributed by atoms with Crippen molar-refractivity contribution in [1.82, 2.24) is 4.72 Å². The standard InChI is InChI=1S/C26H28ClNO6S/c1-4-16(3)24(28-35(31,32)17-11-9-15(2)10-12-17)26(30)34-23-14-22-20(13-21(23)27)18-7-5-6-8-19(18)25(29)33-22/h9-14,16,24,28H,4-8H2,1-3H3/t16-,24+/m0/s1. The molecule has 0 fully saturated rings. The molecule has 0 unspecified atom stereocenters. The number of benzene rings is 2. The van der Waals surface area contributed by atoms with E-state index in [4.69, 9.17) is 20.8 Å². The molecule has 0 bridgehead atoms. The Labute approximate surface area is 209 Å². The van der Waals surface area contributed by atoms with Gasteiger partial charge in [0.1, 0.15) is 11.6 Å². The van der Waals surface area contributed by atoms with Crippen LogP contribution < -0.4 is 15.1 Å². The second-order valence-corrected chi connectivity index (χ2v) is 11.2. The fourth-order valence-corrected chi connectivity index (χ4v) is 5.77. The molecule has 186 valence electrons. The molecule has 0 amide bonds. The van der Waals surface area contributed by atoms with Gasteiger partial charge in [-0.25, -0.2) is 18.0 Å². The van der Waals surface area contributed by atoms with Crippen molar-refractivity contribution in [2.24, 2.45) is 5.92 Å². The molecule has 2 aromatic carbocycles. The van der Waals surface area contributed by atoms with E-state index in [1.54, 1.807) is 25.1 Å². The van der Waals surface area contributed by atoms with Crippen molar-refractivity contribution in [3.63, 3.8) is 0 Å². The Morgan fingerprint density at radius 1 is 1.14 bits per heavy atom. The van der Waals surface area contributed by atoms with Gasteiger partial charge in [-0.2, -0.15) is 4.72 Å². The zero-order chi connectivity index (χ0) is 25.3. The zero-order valence-electron chi connectivity index (χ0n) is 19.9. The molecule has 1 heterocycles. The van der Waals surface area contributed by atoms with E-state index in [9.17, 15) is 18.0 Å². The van der Waals surface area contributed by atoms with Crippen molar-refractivity contribution in [2.75, 3.05) is 0 Å². The smallest absolute Gasteiger partial charge is 0.339 e. The number of carbonyl (C=O) groups is 1. The molecular formula is C26H28ClNO6S. The molecule has 0 saturated heterocycles. The molecule has 9 heteroatoms. The van der Waals surface area contributed by atoms with Gasteiger partial charge >= 0.3 is 11.6 Å². The van der Waals surface area contributed by atoms with Crippen LogP contribution in [0.3, 0.4) is 0 Å². The molecule has 0 radical (unpaired) electrons. The minimum absolute atomic E-state index is 0.00548. The molecule has 0 saturated carbocycles. The highest BCUT2D eigenvalue weighted by Gasteiger charge is 2.32. The van der Waals surface area contributed by atoms with Crippen LogP contribution in [0.2, 0.25) is 5.02 Å². The number of fused-ring (bicyclic) bond motifs is 3. The van der Waals surface area contributed by atoms with E-state index < -0.39 is 27.7 Å². The predicted octanol–water partition coefficient (Wildman–Crippen LogP) is 4.93. The number of rotatable bonds is 7. The Kier molecular flexibility index (Phi) is 7.35. The number of hydrogen-bond acceptors (Lipinski definition) is 6. The summed E-state index contributed by atoms with van der Waals surface area (Å²) < 4.78 is 39.5. The van der Waals surface area contributed by atoms with Crippen LogP contribution in [0.4, 0.5) is 0 Å². The van der Waals surface area contributed by atoms with Gasteiger partial charge in [-0.15, -0.1) is 0 Å². The van der Waals surface area contributed by atoms with Crippen molar-refractivity contribution in [1.29, 1.82) is 0 Å². The SMILES string of the molecule is CC[C@H](C)[C@@H](NS(=O)(=O)c1ccc(C)cc1)C(=O)Oc1cc2oc(=O)c3c(c2cc1Cl)CCCC3. The highest BCUT2D eigenvalue weighted by molar-refractivity contribution is 7.89. The van der Waals surface area contributed by atoms with Gasteiger partial charge in [-0.05, 0) is 62.3 Å². The van der Waals surface area contributed by atoms with Gasteiger partial charge in [0, 0.05) is 17.0 Å².